The first-order valence-corrected chi connectivity index (χ1v) is 11.1. The van der Waals surface area contributed by atoms with Crippen LogP contribution < -0.4 is 5.32 Å². The number of nitrogens with zero attached hydrogens (tertiary/aromatic N) is 2. The van der Waals surface area contributed by atoms with E-state index in [4.69, 9.17) is 0 Å². The molecule has 2 heterocycles. The number of hydrogen-bond donors (Lipinski definition) is 1. The number of halogens is 3. The van der Waals surface area contributed by atoms with Crippen molar-refractivity contribution in [2.75, 3.05) is 31.1 Å². The SMILES string of the molecule is O=C(NCC1(N2CCSCC2)CCCC1)c1cnc2ccccc2c1C(F)(F)F. The summed E-state index contributed by atoms with van der Waals surface area (Å²) in [6.45, 7) is 2.30. The van der Waals surface area contributed by atoms with Gasteiger partial charge in [0.2, 0.25) is 0 Å². The second-order valence-corrected chi connectivity index (χ2v) is 9.00. The summed E-state index contributed by atoms with van der Waals surface area (Å²) in [6, 6.07) is 6.05. The first kappa shape index (κ1) is 20.5. The molecular weight excluding hydrogens is 399 g/mol. The monoisotopic (exact) mass is 423 g/mol. The summed E-state index contributed by atoms with van der Waals surface area (Å²) in [5, 5.41) is 2.78. The average molecular weight is 424 g/mol. The number of carbonyl (C=O) groups excluding carboxylic acids is 1. The molecule has 0 bridgehead atoms. The molecule has 1 saturated carbocycles. The lowest BCUT2D eigenvalue weighted by Gasteiger charge is -2.43. The smallest absolute Gasteiger partial charge is 0.350 e. The third-order valence-corrected chi connectivity index (χ3v) is 7.04. The summed E-state index contributed by atoms with van der Waals surface area (Å²) in [5.74, 6) is 1.42. The molecule has 0 radical (unpaired) electrons. The minimum Gasteiger partial charge on any atom is -0.350 e. The highest BCUT2D eigenvalue weighted by molar-refractivity contribution is 7.99. The molecule has 2 aliphatic rings. The van der Waals surface area contributed by atoms with Crippen molar-refractivity contribution in [1.29, 1.82) is 0 Å². The Kier molecular flexibility index (Phi) is 5.75. The van der Waals surface area contributed by atoms with Crippen LogP contribution in [0.15, 0.2) is 30.5 Å². The summed E-state index contributed by atoms with van der Waals surface area (Å²) in [7, 11) is 0. The number of benzene rings is 1. The summed E-state index contributed by atoms with van der Waals surface area (Å²) in [5.41, 5.74) is -1.22. The summed E-state index contributed by atoms with van der Waals surface area (Å²) < 4.78 is 41.5. The molecule has 8 heteroatoms. The molecule has 1 aliphatic heterocycles. The number of amides is 1. The first-order chi connectivity index (χ1) is 13.9. The molecule has 2 aromatic rings. The Bertz CT molecular complexity index is 890. The fourth-order valence-corrected chi connectivity index (χ4v) is 5.54. The summed E-state index contributed by atoms with van der Waals surface area (Å²) in [4.78, 5) is 19.4. The number of para-hydroxylation sites is 1. The van der Waals surface area contributed by atoms with Crippen molar-refractivity contribution in [1.82, 2.24) is 15.2 Å². The highest BCUT2D eigenvalue weighted by Gasteiger charge is 2.41. The lowest BCUT2D eigenvalue weighted by molar-refractivity contribution is -0.136. The normalized spacial score (nSPS) is 20.1. The summed E-state index contributed by atoms with van der Waals surface area (Å²) in [6.07, 6.45) is 0.541. The van der Waals surface area contributed by atoms with Gasteiger partial charge in [-0.05, 0) is 18.9 Å². The first-order valence-electron chi connectivity index (χ1n) is 9.97. The molecule has 1 N–H and O–H groups in total. The van der Waals surface area contributed by atoms with Crippen molar-refractivity contribution in [3.05, 3.63) is 41.6 Å². The van der Waals surface area contributed by atoms with Crippen molar-refractivity contribution < 1.29 is 18.0 Å². The number of nitrogens with one attached hydrogen (secondary N) is 1. The molecule has 2 fully saturated rings. The molecule has 1 aromatic heterocycles. The van der Waals surface area contributed by atoms with Crippen molar-refractivity contribution in [2.24, 2.45) is 0 Å². The van der Waals surface area contributed by atoms with E-state index >= 15 is 0 Å². The second-order valence-electron chi connectivity index (χ2n) is 7.78. The lowest BCUT2D eigenvalue weighted by atomic mass is 9.94. The number of hydrogen-bond acceptors (Lipinski definition) is 4. The van der Waals surface area contributed by atoms with Crippen LogP contribution in [0.1, 0.15) is 41.6 Å². The van der Waals surface area contributed by atoms with Gasteiger partial charge in [0.25, 0.3) is 5.91 Å². The average Bonchev–Trinajstić information content (AvgIpc) is 3.21. The van der Waals surface area contributed by atoms with Crippen molar-refractivity contribution in [3.63, 3.8) is 0 Å². The van der Waals surface area contributed by atoms with Gasteiger partial charge in [0.15, 0.2) is 0 Å². The Balaban J connectivity index is 1.60. The van der Waals surface area contributed by atoms with Crippen LogP contribution in [0.3, 0.4) is 0 Å². The predicted molar refractivity (Wildman–Crippen MR) is 109 cm³/mol. The Morgan fingerprint density at radius 1 is 1.17 bits per heavy atom. The maximum atomic E-state index is 13.8. The van der Waals surface area contributed by atoms with E-state index in [1.807, 2.05) is 11.8 Å². The minimum absolute atomic E-state index is 0.0451. The second kappa shape index (κ2) is 8.14. The Morgan fingerprint density at radius 3 is 2.55 bits per heavy atom. The van der Waals surface area contributed by atoms with Crippen LogP contribution in [0, 0.1) is 0 Å². The van der Waals surface area contributed by atoms with Gasteiger partial charge in [-0.15, -0.1) is 0 Å². The zero-order chi connectivity index (χ0) is 20.5. The van der Waals surface area contributed by atoms with Gasteiger partial charge in [-0.25, -0.2) is 0 Å². The molecule has 0 atom stereocenters. The van der Waals surface area contributed by atoms with Crippen LogP contribution in [0.25, 0.3) is 10.9 Å². The molecule has 1 saturated heterocycles. The van der Waals surface area contributed by atoms with Crippen LogP contribution >= 0.6 is 11.8 Å². The Hall–Kier alpha value is -1.80. The number of fused-ring (bicyclic) bond motifs is 1. The maximum absolute atomic E-state index is 13.8. The zero-order valence-corrected chi connectivity index (χ0v) is 16.9. The molecule has 1 amide bonds. The van der Waals surface area contributed by atoms with Gasteiger partial charge in [0.1, 0.15) is 0 Å². The molecule has 0 unspecified atom stereocenters. The largest absolute Gasteiger partial charge is 0.417 e. The zero-order valence-electron chi connectivity index (χ0n) is 16.1. The van der Waals surface area contributed by atoms with E-state index in [2.05, 4.69) is 15.2 Å². The number of carbonyl (C=O) groups is 1. The standard InChI is InChI=1S/C21H24F3N3OS/c22-21(23,24)18-15-5-1-2-6-17(15)25-13-16(18)19(28)26-14-20(7-3-4-8-20)27-9-11-29-12-10-27/h1-2,5-6,13H,3-4,7-12,14H2,(H,26,28). The Morgan fingerprint density at radius 2 is 1.86 bits per heavy atom. The maximum Gasteiger partial charge on any atom is 0.417 e. The highest BCUT2D eigenvalue weighted by atomic mass is 32.2. The van der Waals surface area contributed by atoms with Gasteiger partial charge in [-0.2, -0.15) is 24.9 Å². The third kappa shape index (κ3) is 4.10. The van der Waals surface area contributed by atoms with E-state index in [0.29, 0.717) is 6.54 Å². The van der Waals surface area contributed by atoms with Gasteiger partial charge in [-0.3, -0.25) is 14.7 Å². The number of alkyl halides is 3. The van der Waals surface area contributed by atoms with Crippen LogP contribution in [-0.2, 0) is 6.18 Å². The highest BCUT2D eigenvalue weighted by Crippen LogP contribution is 2.38. The van der Waals surface area contributed by atoms with Crippen molar-refractivity contribution in [2.45, 2.75) is 37.4 Å². The molecule has 1 aliphatic carbocycles. The number of thioether (sulfide) groups is 1. The van der Waals surface area contributed by atoms with Crippen LogP contribution in [0.2, 0.25) is 0 Å². The molecule has 0 spiro atoms. The predicted octanol–water partition coefficient (Wildman–Crippen LogP) is 4.35. The quantitative estimate of drug-likeness (QED) is 0.795. The van der Waals surface area contributed by atoms with E-state index in [0.717, 1.165) is 56.5 Å². The van der Waals surface area contributed by atoms with E-state index < -0.39 is 23.2 Å². The van der Waals surface area contributed by atoms with Gasteiger partial charge in [0, 0.05) is 48.3 Å². The van der Waals surface area contributed by atoms with Crippen LogP contribution in [-0.4, -0.2) is 52.5 Å². The van der Waals surface area contributed by atoms with Crippen molar-refractivity contribution >= 4 is 28.6 Å². The topological polar surface area (TPSA) is 45.2 Å². The molecule has 156 valence electrons. The minimum atomic E-state index is -4.63. The van der Waals surface area contributed by atoms with E-state index in [-0.39, 0.29) is 16.4 Å². The van der Waals surface area contributed by atoms with Gasteiger partial charge in [0.05, 0.1) is 16.6 Å². The number of aromatic nitrogens is 1. The number of rotatable bonds is 4. The third-order valence-electron chi connectivity index (χ3n) is 6.10. The molecule has 4 rings (SSSR count). The number of pyridine rings is 1. The van der Waals surface area contributed by atoms with Gasteiger partial charge < -0.3 is 5.32 Å². The van der Waals surface area contributed by atoms with Crippen LogP contribution in [0.4, 0.5) is 13.2 Å². The lowest BCUT2D eigenvalue weighted by Crippen LogP contribution is -2.56. The Labute approximate surface area is 172 Å². The van der Waals surface area contributed by atoms with Crippen LogP contribution in [0.5, 0.6) is 0 Å². The van der Waals surface area contributed by atoms with E-state index in [9.17, 15) is 18.0 Å². The molecule has 29 heavy (non-hydrogen) atoms. The van der Waals surface area contributed by atoms with Gasteiger partial charge >= 0.3 is 6.18 Å². The van der Waals surface area contributed by atoms with E-state index in [1.165, 1.54) is 18.2 Å². The van der Waals surface area contributed by atoms with Crippen molar-refractivity contribution in [3.8, 4) is 0 Å². The molecule has 1 aromatic carbocycles. The molecule has 4 nitrogen and oxygen atoms in total. The fraction of sp³-hybridized carbons (Fsp3) is 0.524. The molecular formula is C21H24F3N3OS. The summed E-state index contributed by atoms with van der Waals surface area (Å²) >= 11 is 1.92. The fourth-order valence-electron chi connectivity index (χ4n) is 4.63. The van der Waals surface area contributed by atoms with Gasteiger partial charge in [-0.1, -0.05) is 31.0 Å². The van der Waals surface area contributed by atoms with E-state index in [1.54, 1.807) is 6.07 Å².